The Balaban J connectivity index is 2.18. The Hall–Kier alpha value is -3.31. The van der Waals surface area contributed by atoms with E-state index >= 15 is 0 Å². The molecule has 2 aromatic heterocycles. The van der Waals surface area contributed by atoms with Crippen molar-refractivity contribution in [1.29, 1.82) is 0 Å². The second-order valence-corrected chi connectivity index (χ2v) is 6.87. The number of nitrogens with one attached hydrogen (secondary N) is 3. The quantitative estimate of drug-likeness (QED) is 0.141. The normalized spacial score (nSPS) is 10.8. The lowest BCUT2D eigenvalue weighted by atomic mass is 10.1. The van der Waals surface area contributed by atoms with Gasteiger partial charge in [-0.1, -0.05) is 32.1 Å². The first-order chi connectivity index (χ1) is 14.6. The molecule has 4 N–H and O–H groups in total. The maximum Gasteiger partial charge on any atom is 0.267 e. The molecular formula is C22H29N5O3. The topological polar surface area (TPSA) is 108 Å². The van der Waals surface area contributed by atoms with Crippen LogP contribution < -0.4 is 16.1 Å². The van der Waals surface area contributed by atoms with Crippen LogP contribution in [0.25, 0.3) is 11.7 Å². The number of carbonyl (C=O) groups is 2. The number of hydrogen-bond acceptors (Lipinski definition) is 5. The van der Waals surface area contributed by atoms with Crippen molar-refractivity contribution in [2.45, 2.75) is 45.4 Å². The van der Waals surface area contributed by atoms with E-state index in [1.807, 2.05) is 22.7 Å². The monoisotopic (exact) mass is 411 g/mol. The molecule has 0 bridgehead atoms. The van der Waals surface area contributed by atoms with Crippen LogP contribution in [-0.2, 0) is 16.0 Å². The van der Waals surface area contributed by atoms with Gasteiger partial charge in [0, 0.05) is 25.2 Å². The Bertz CT molecular complexity index is 927. The van der Waals surface area contributed by atoms with Crippen molar-refractivity contribution in [2.75, 3.05) is 18.4 Å². The van der Waals surface area contributed by atoms with E-state index in [9.17, 15) is 9.59 Å². The lowest BCUT2D eigenvalue weighted by molar-refractivity contribution is -0.124. The third kappa shape index (κ3) is 6.94. The van der Waals surface area contributed by atoms with E-state index in [2.05, 4.69) is 23.5 Å². The summed E-state index contributed by atoms with van der Waals surface area (Å²) in [7, 11) is 0. The van der Waals surface area contributed by atoms with Gasteiger partial charge >= 0.3 is 0 Å². The molecule has 0 aliphatic carbocycles. The largest absolute Gasteiger partial charge is 0.369 e. The van der Waals surface area contributed by atoms with Gasteiger partial charge in [-0.2, -0.15) is 0 Å². The molecule has 30 heavy (non-hydrogen) atoms. The maximum absolute atomic E-state index is 11.8. The Labute approximate surface area is 176 Å². The van der Waals surface area contributed by atoms with E-state index in [0.717, 1.165) is 42.0 Å². The molecule has 160 valence electrons. The van der Waals surface area contributed by atoms with Crippen molar-refractivity contribution in [3.8, 4) is 12.3 Å². The van der Waals surface area contributed by atoms with E-state index in [-0.39, 0.29) is 12.5 Å². The van der Waals surface area contributed by atoms with Gasteiger partial charge in [0.2, 0.25) is 5.91 Å². The highest BCUT2D eigenvalue weighted by atomic mass is 16.5. The third-order valence-corrected chi connectivity index (χ3v) is 4.56. The lowest BCUT2D eigenvalue weighted by Gasteiger charge is -2.09. The summed E-state index contributed by atoms with van der Waals surface area (Å²) in [4.78, 5) is 27.7. The van der Waals surface area contributed by atoms with Crippen molar-refractivity contribution in [3.63, 3.8) is 0 Å². The number of unbranched alkanes of at least 4 members (excludes halogenated alkanes) is 3. The first kappa shape index (κ1) is 23.0. The van der Waals surface area contributed by atoms with Gasteiger partial charge in [-0.05, 0) is 36.6 Å². The van der Waals surface area contributed by atoms with Gasteiger partial charge in [0.05, 0.1) is 12.2 Å². The van der Waals surface area contributed by atoms with E-state index in [1.165, 1.54) is 18.9 Å². The predicted octanol–water partition coefficient (Wildman–Crippen LogP) is 2.53. The average Bonchev–Trinajstić information content (AvgIpc) is 3.10. The Kier molecular flexibility index (Phi) is 9.42. The molecule has 2 rings (SSSR count). The second-order valence-electron chi connectivity index (χ2n) is 6.87. The summed E-state index contributed by atoms with van der Waals surface area (Å²) < 4.78 is 1.94. The highest BCUT2D eigenvalue weighted by Gasteiger charge is 2.13. The minimum atomic E-state index is -0.597. The molecule has 0 unspecified atom stereocenters. The van der Waals surface area contributed by atoms with Gasteiger partial charge in [-0.3, -0.25) is 19.2 Å². The fourth-order valence-electron chi connectivity index (χ4n) is 3.04. The predicted molar refractivity (Wildman–Crippen MR) is 117 cm³/mol. The molecule has 0 atom stereocenters. The SMILES string of the molecule is C#CCNC(=O)CCNc1c(CCCCCC)nc2cc(C=CC(=O)NO)ccn12. The van der Waals surface area contributed by atoms with Crippen molar-refractivity contribution in [3.05, 3.63) is 35.7 Å². The number of anilines is 1. The van der Waals surface area contributed by atoms with Crippen molar-refractivity contribution >= 4 is 29.4 Å². The molecule has 2 heterocycles. The molecule has 2 aromatic rings. The molecule has 0 aromatic carbocycles. The molecular weight excluding hydrogens is 382 g/mol. The van der Waals surface area contributed by atoms with Crippen LogP contribution in [0.5, 0.6) is 0 Å². The van der Waals surface area contributed by atoms with Gasteiger partial charge in [-0.25, -0.2) is 10.5 Å². The average molecular weight is 412 g/mol. The fourth-order valence-corrected chi connectivity index (χ4v) is 3.04. The molecule has 0 radical (unpaired) electrons. The Morgan fingerprint density at radius 2 is 2.17 bits per heavy atom. The summed E-state index contributed by atoms with van der Waals surface area (Å²) in [5.41, 5.74) is 4.04. The number of pyridine rings is 1. The van der Waals surface area contributed by atoms with E-state index in [1.54, 1.807) is 11.6 Å². The maximum atomic E-state index is 11.8. The molecule has 0 aliphatic heterocycles. The fraction of sp³-hybridized carbons (Fsp3) is 0.409. The van der Waals surface area contributed by atoms with Crippen LogP contribution in [0.15, 0.2) is 24.4 Å². The van der Waals surface area contributed by atoms with Crippen molar-refractivity contribution in [2.24, 2.45) is 0 Å². The lowest BCUT2D eigenvalue weighted by Crippen LogP contribution is -2.25. The zero-order chi connectivity index (χ0) is 21.8. The minimum Gasteiger partial charge on any atom is -0.369 e. The van der Waals surface area contributed by atoms with Crippen LogP contribution >= 0.6 is 0 Å². The third-order valence-electron chi connectivity index (χ3n) is 4.56. The van der Waals surface area contributed by atoms with Gasteiger partial charge < -0.3 is 10.6 Å². The van der Waals surface area contributed by atoms with E-state index in [4.69, 9.17) is 16.6 Å². The number of carbonyl (C=O) groups excluding carboxylic acids is 2. The molecule has 0 saturated heterocycles. The van der Waals surface area contributed by atoms with Crippen LogP contribution in [0, 0.1) is 12.3 Å². The molecule has 0 fully saturated rings. The number of rotatable bonds is 12. The number of imidazole rings is 1. The summed E-state index contributed by atoms with van der Waals surface area (Å²) in [6, 6.07) is 3.71. The number of nitrogens with zero attached hydrogens (tertiary/aromatic N) is 2. The van der Waals surface area contributed by atoms with Gasteiger partial charge in [0.25, 0.3) is 5.91 Å². The Morgan fingerprint density at radius 1 is 1.33 bits per heavy atom. The number of aryl methyl sites for hydroxylation is 1. The molecule has 2 amide bonds. The standard InChI is InChI=1S/C22H29N5O3/c1-3-5-6-7-8-18-22(24-14-11-20(28)23-13-4-2)27-15-12-17(16-19(27)25-18)9-10-21(29)26-30/h2,9-10,12,15-16,24,30H,3,5-8,11,13-14H2,1H3,(H,23,28)(H,26,29). The highest BCUT2D eigenvalue weighted by molar-refractivity contribution is 5.91. The van der Waals surface area contributed by atoms with Crippen molar-refractivity contribution < 1.29 is 14.8 Å². The zero-order valence-electron chi connectivity index (χ0n) is 17.3. The van der Waals surface area contributed by atoms with Gasteiger partial charge in [-0.15, -0.1) is 6.42 Å². The number of hydrogen-bond donors (Lipinski definition) is 4. The first-order valence-corrected chi connectivity index (χ1v) is 10.2. The first-order valence-electron chi connectivity index (χ1n) is 10.2. The minimum absolute atomic E-state index is 0.103. The van der Waals surface area contributed by atoms with Crippen LogP contribution in [0.2, 0.25) is 0 Å². The second kappa shape index (κ2) is 12.3. The van der Waals surface area contributed by atoms with E-state index < -0.39 is 5.91 Å². The Morgan fingerprint density at radius 3 is 2.90 bits per heavy atom. The number of terminal acetylenes is 1. The summed E-state index contributed by atoms with van der Waals surface area (Å²) in [5.74, 6) is 2.55. The van der Waals surface area contributed by atoms with Crippen LogP contribution in [0.4, 0.5) is 5.82 Å². The zero-order valence-corrected chi connectivity index (χ0v) is 17.3. The molecule has 0 saturated carbocycles. The summed E-state index contributed by atoms with van der Waals surface area (Å²) in [6.07, 6.45) is 15.6. The summed E-state index contributed by atoms with van der Waals surface area (Å²) >= 11 is 0. The number of aromatic nitrogens is 2. The number of hydroxylamine groups is 1. The number of amides is 2. The summed E-state index contributed by atoms with van der Waals surface area (Å²) in [5, 5.41) is 14.6. The molecule has 0 spiro atoms. The van der Waals surface area contributed by atoms with Crippen LogP contribution in [0.3, 0.4) is 0 Å². The van der Waals surface area contributed by atoms with E-state index in [0.29, 0.717) is 13.0 Å². The molecule has 8 nitrogen and oxygen atoms in total. The van der Waals surface area contributed by atoms with Crippen LogP contribution in [0.1, 0.15) is 50.3 Å². The highest BCUT2D eigenvalue weighted by Crippen LogP contribution is 2.22. The number of fused-ring (bicyclic) bond motifs is 1. The molecule has 0 aliphatic rings. The van der Waals surface area contributed by atoms with Gasteiger partial charge in [0.1, 0.15) is 11.5 Å². The van der Waals surface area contributed by atoms with Crippen LogP contribution in [-0.4, -0.2) is 39.5 Å². The summed E-state index contributed by atoms with van der Waals surface area (Å²) in [6.45, 7) is 2.86. The smallest absolute Gasteiger partial charge is 0.267 e. The van der Waals surface area contributed by atoms with Gasteiger partial charge in [0.15, 0.2) is 0 Å². The molecule has 8 heteroatoms. The van der Waals surface area contributed by atoms with Crippen molar-refractivity contribution in [1.82, 2.24) is 20.2 Å².